The number of methoxy groups -OCH3 is 1. The minimum absolute atomic E-state index is 0.164. The zero-order chi connectivity index (χ0) is 15.7. The number of carbonyl (C=O) groups excluding carboxylic acids is 1. The molecular weight excluding hydrogens is 308 g/mol. The van der Waals surface area contributed by atoms with Crippen LogP contribution in [0, 0.1) is 11.6 Å². The SMILES string of the molecule is COc1ccc(F)cc1N1C(=O)CSC1c1cccc(F)c1. The van der Waals surface area contributed by atoms with E-state index in [1.54, 1.807) is 12.1 Å². The van der Waals surface area contributed by atoms with E-state index >= 15 is 0 Å². The summed E-state index contributed by atoms with van der Waals surface area (Å²) in [6, 6.07) is 10.1. The maximum atomic E-state index is 13.6. The summed E-state index contributed by atoms with van der Waals surface area (Å²) < 4.78 is 32.3. The van der Waals surface area contributed by atoms with Gasteiger partial charge in [-0.25, -0.2) is 8.78 Å². The van der Waals surface area contributed by atoms with Gasteiger partial charge in [0.2, 0.25) is 5.91 Å². The number of carbonyl (C=O) groups is 1. The Morgan fingerprint density at radius 1 is 1.18 bits per heavy atom. The molecule has 1 heterocycles. The highest BCUT2D eigenvalue weighted by molar-refractivity contribution is 8.00. The van der Waals surface area contributed by atoms with Crippen LogP contribution in [0.4, 0.5) is 14.5 Å². The summed E-state index contributed by atoms with van der Waals surface area (Å²) in [7, 11) is 1.46. The number of ether oxygens (including phenoxy) is 1. The summed E-state index contributed by atoms with van der Waals surface area (Å²) in [6.45, 7) is 0. The summed E-state index contributed by atoms with van der Waals surface area (Å²) in [5.74, 6) is -0.343. The Morgan fingerprint density at radius 3 is 2.68 bits per heavy atom. The van der Waals surface area contributed by atoms with Crippen LogP contribution in [0.15, 0.2) is 42.5 Å². The highest BCUT2D eigenvalue weighted by Crippen LogP contribution is 2.45. The molecule has 0 radical (unpaired) electrons. The Bertz CT molecular complexity index is 723. The van der Waals surface area contributed by atoms with Crippen LogP contribution in [0.2, 0.25) is 0 Å². The van der Waals surface area contributed by atoms with Crippen molar-refractivity contribution in [2.24, 2.45) is 0 Å². The number of benzene rings is 2. The molecule has 1 aliphatic rings. The second-order valence-corrected chi connectivity index (χ2v) is 5.87. The monoisotopic (exact) mass is 321 g/mol. The number of halogens is 2. The van der Waals surface area contributed by atoms with E-state index in [1.165, 1.54) is 54.1 Å². The quantitative estimate of drug-likeness (QED) is 0.862. The van der Waals surface area contributed by atoms with Gasteiger partial charge in [0.05, 0.1) is 18.6 Å². The number of hydrogen-bond acceptors (Lipinski definition) is 3. The van der Waals surface area contributed by atoms with Gasteiger partial charge in [-0.15, -0.1) is 11.8 Å². The van der Waals surface area contributed by atoms with Gasteiger partial charge in [0.25, 0.3) is 0 Å². The molecule has 1 amide bonds. The molecule has 0 aliphatic carbocycles. The summed E-state index contributed by atoms with van der Waals surface area (Å²) >= 11 is 1.37. The van der Waals surface area contributed by atoms with Crippen LogP contribution in [0.5, 0.6) is 5.75 Å². The molecule has 0 spiro atoms. The maximum Gasteiger partial charge on any atom is 0.238 e. The molecule has 1 aliphatic heterocycles. The van der Waals surface area contributed by atoms with Gasteiger partial charge in [-0.2, -0.15) is 0 Å². The van der Waals surface area contributed by atoms with E-state index in [9.17, 15) is 13.6 Å². The molecule has 22 heavy (non-hydrogen) atoms. The molecule has 1 unspecified atom stereocenters. The third-order valence-corrected chi connectivity index (χ3v) is 4.61. The zero-order valence-corrected chi connectivity index (χ0v) is 12.6. The standard InChI is InChI=1S/C16H13F2NO2S/c1-21-14-6-5-12(18)8-13(14)19-15(20)9-22-16(19)10-3-2-4-11(17)7-10/h2-8,16H,9H2,1H3. The van der Waals surface area contributed by atoms with Crippen LogP contribution in [-0.2, 0) is 4.79 Å². The first-order valence-electron chi connectivity index (χ1n) is 6.63. The molecular formula is C16H13F2NO2S. The molecule has 6 heteroatoms. The molecule has 114 valence electrons. The van der Waals surface area contributed by atoms with Crippen molar-refractivity contribution >= 4 is 23.4 Å². The first kappa shape index (κ1) is 14.8. The van der Waals surface area contributed by atoms with Crippen LogP contribution in [-0.4, -0.2) is 18.8 Å². The predicted molar refractivity (Wildman–Crippen MR) is 82.0 cm³/mol. The highest BCUT2D eigenvalue weighted by atomic mass is 32.2. The predicted octanol–water partition coefficient (Wildman–Crippen LogP) is 3.75. The lowest BCUT2D eigenvalue weighted by Gasteiger charge is -2.26. The van der Waals surface area contributed by atoms with Crippen LogP contribution in [0.3, 0.4) is 0 Å². The van der Waals surface area contributed by atoms with Crippen molar-refractivity contribution in [2.75, 3.05) is 17.8 Å². The number of rotatable bonds is 3. The topological polar surface area (TPSA) is 29.5 Å². The van der Waals surface area contributed by atoms with Gasteiger partial charge in [0.15, 0.2) is 0 Å². The molecule has 0 bridgehead atoms. The van der Waals surface area contributed by atoms with Gasteiger partial charge in [-0.3, -0.25) is 9.69 Å². The van der Waals surface area contributed by atoms with Gasteiger partial charge in [-0.05, 0) is 29.8 Å². The smallest absolute Gasteiger partial charge is 0.238 e. The fourth-order valence-electron chi connectivity index (χ4n) is 2.44. The molecule has 3 rings (SSSR count). The molecule has 2 aromatic rings. The Labute approximate surface area is 130 Å². The van der Waals surface area contributed by atoms with E-state index in [0.29, 0.717) is 17.0 Å². The fourth-order valence-corrected chi connectivity index (χ4v) is 3.60. The Hall–Kier alpha value is -2.08. The number of amides is 1. The minimum atomic E-state index is -0.460. The summed E-state index contributed by atoms with van der Waals surface area (Å²) in [5, 5.41) is -0.404. The van der Waals surface area contributed by atoms with E-state index in [2.05, 4.69) is 0 Å². The molecule has 1 fully saturated rings. The molecule has 1 saturated heterocycles. The minimum Gasteiger partial charge on any atom is -0.495 e. The summed E-state index contributed by atoms with van der Waals surface area (Å²) in [6.07, 6.45) is 0. The van der Waals surface area contributed by atoms with Crippen molar-refractivity contribution in [1.29, 1.82) is 0 Å². The van der Waals surface area contributed by atoms with Gasteiger partial charge in [0, 0.05) is 6.07 Å². The van der Waals surface area contributed by atoms with Crippen LogP contribution in [0.1, 0.15) is 10.9 Å². The molecule has 0 aromatic heterocycles. The highest BCUT2D eigenvalue weighted by Gasteiger charge is 2.36. The lowest BCUT2D eigenvalue weighted by atomic mass is 10.1. The first-order valence-corrected chi connectivity index (χ1v) is 7.67. The van der Waals surface area contributed by atoms with E-state index in [0.717, 1.165) is 0 Å². The van der Waals surface area contributed by atoms with E-state index in [4.69, 9.17) is 4.74 Å². The van der Waals surface area contributed by atoms with Crippen molar-refractivity contribution in [1.82, 2.24) is 0 Å². The van der Waals surface area contributed by atoms with Crippen molar-refractivity contribution < 1.29 is 18.3 Å². The molecule has 1 atom stereocenters. The molecule has 2 aromatic carbocycles. The number of hydrogen-bond donors (Lipinski definition) is 0. The average molecular weight is 321 g/mol. The second kappa shape index (κ2) is 5.96. The molecule has 3 nitrogen and oxygen atoms in total. The lowest BCUT2D eigenvalue weighted by molar-refractivity contribution is -0.115. The summed E-state index contributed by atoms with van der Waals surface area (Å²) in [5.41, 5.74) is 1.01. The summed E-state index contributed by atoms with van der Waals surface area (Å²) in [4.78, 5) is 13.7. The normalized spacial score (nSPS) is 17.9. The zero-order valence-electron chi connectivity index (χ0n) is 11.8. The van der Waals surface area contributed by atoms with Gasteiger partial charge in [0.1, 0.15) is 22.8 Å². The van der Waals surface area contributed by atoms with Crippen LogP contribution < -0.4 is 9.64 Å². The Kier molecular flexibility index (Phi) is 4.02. The maximum absolute atomic E-state index is 13.6. The van der Waals surface area contributed by atoms with Crippen LogP contribution in [0.25, 0.3) is 0 Å². The number of thioether (sulfide) groups is 1. The Balaban J connectivity index is 2.07. The molecule has 0 N–H and O–H groups in total. The third kappa shape index (κ3) is 2.66. The largest absolute Gasteiger partial charge is 0.495 e. The van der Waals surface area contributed by atoms with Crippen molar-refractivity contribution in [2.45, 2.75) is 5.37 Å². The lowest BCUT2D eigenvalue weighted by Crippen LogP contribution is -2.28. The number of nitrogens with zero attached hydrogens (tertiary/aromatic N) is 1. The van der Waals surface area contributed by atoms with Gasteiger partial charge in [-0.1, -0.05) is 12.1 Å². The third-order valence-electron chi connectivity index (χ3n) is 3.40. The van der Waals surface area contributed by atoms with E-state index < -0.39 is 11.2 Å². The molecule has 0 saturated carbocycles. The second-order valence-electron chi connectivity index (χ2n) is 4.80. The van der Waals surface area contributed by atoms with E-state index in [1.807, 2.05) is 0 Å². The Morgan fingerprint density at radius 2 is 1.95 bits per heavy atom. The van der Waals surface area contributed by atoms with Gasteiger partial charge >= 0.3 is 0 Å². The average Bonchev–Trinajstić information content (AvgIpc) is 2.89. The van der Waals surface area contributed by atoms with E-state index in [-0.39, 0.29) is 17.5 Å². The van der Waals surface area contributed by atoms with Crippen molar-refractivity contribution in [3.63, 3.8) is 0 Å². The first-order chi connectivity index (χ1) is 10.6. The van der Waals surface area contributed by atoms with Crippen molar-refractivity contribution in [3.05, 3.63) is 59.7 Å². The van der Waals surface area contributed by atoms with Crippen LogP contribution >= 0.6 is 11.8 Å². The fraction of sp³-hybridized carbons (Fsp3) is 0.188. The van der Waals surface area contributed by atoms with Gasteiger partial charge < -0.3 is 4.74 Å². The number of anilines is 1. The van der Waals surface area contributed by atoms with Crippen molar-refractivity contribution in [3.8, 4) is 5.75 Å².